The molecule has 0 bridgehead atoms. The van der Waals surface area contributed by atoms with Crippen LogP contribution in [-0.2, 0) is 6.54 Å². The average Bonchev–Trinajstić information content (AvgIpc) is 2.78. The number of rotatable bonds is 1. The summed E-state index contributed by atoms with van der Waals surface area (Å²) < 4.78 is 0. The normalized spacial score (nSPS) is 19.9. The Labute approximate surface area is 93.8 Å². The fraction of sp³-hybridized carbons (Fsp3) is 0.231. The molecule has 1 aliphatic heterocycles. The van der Waals surface area contributed by atoms with Crippen LogP contribution in [0.15, 0.2) is 41.8 Å². The van der Waals surface area contributed by atoms with E-state index in [4.69, 9.17) is 0 Å². The minimum atomic E-state index is 0.551. The first-order valence-corrected chi connectivity index (χ1v) is 6.15. The summed E-state index contributed by atoms with van der Waals surface area (Å²) in [4.78, 5) is 1.54. The first-order chi connectivity index (χ1) is 7.45. The summed E-state index contributed by atoms with van der Waals surface area (Å²) >= 11 is 1.89. The van der Waals surface area contributed by atoms with Crippen LogP contribution < -0.4 is 5.32 Å². The highest BCUT2D eigenvalue weighted by molar-refractivity contribution is 7.10. The number of nitrogens with one attached hydrogen (secondary N) is 1. The smallest absolute Gasteiger partial charge is 0.0312 e. The summed E-state index contributed by atoms with van der Waals surface area (Å²) in [7, 11) is 0. The quantitative estimate of drug-likeness (QED) is 0.771. The zero-order chi connectivity index (χ0) is 10.1. The Morgan fingerprint density at radius 2 is 2.00 bits per heavy atom. The third kappa shape index (κ3) is 1.60. The third-order valence-electron chi connectivity index (χ3n) is 2.96. The fourth-order valence-electron chi connectivity index (χ4n) is 2.20. The molecule has 1 aromatic carbocycles. The lowest BCUT2D eigenvalue weighted by Crippen LogP contribution is -2.27. The molecular weight excluding hydrogens is 202 g/mol. The van der Waals surface area contributed by atoms with Crippen molar-refractivity contribution in [3.63, 3.8) is 0 Å². The largest absolute Gasteiger partial charge is 0.312 e. The van der Waals surface area contributed by atoms with E-state index in [0.29, 0.717) is 5.92 Å². The van der Waals surface area contributed by atoms with Gasteiger partial charge in [-0.1, -0.05) is 30.3 Å². The number of thiophene rings is 1. The van der Waals surface area contributed by atoms with Gasteiger partial charge in [0.15, 0.2) is 0 Å². The predicted molar refractivity (Wildman–Crippen MR) is 64.3 cm³/mol. The highest BCUT2D eigenvalue weighted by Crippen LogP contribution is 2.33. The highest BCUT2D eigenvalue weighted by atomic mass is 32.1. The van der Waals surface area contributed by atoms with Gasteiger partial charge < -0.3 is 5.32 Å². The van der Waals surface area contributed by atoms with Crippen LogP contribution in [0.3, 0.4) is 0 Å². The van der Waals surface area contributed by atoms with E-state index < -0.39 is 0 Å². The molecule has 0 amide bonds. The Bertz CT molecular complexity index is 447. The molecule has 0 spiro atoms. The van der Waals surface area contributed by atoms with Gasteiger partial charge in [-0.05, 0) is 22.6 Å². The molecule has 2 heterocycles. The van der Waals surface area contributed by atoms with Gasteiger partial charge in [-0.15, -0.1) is 11.3 Å². The van der Waals surface area contributed by atoms with Gasteiger partial charge in [-0.3, -0.25) is 0 Å². The van der Waals surface area contributed by atoms with Gasteiger partial charge in [-0.25, -0.2) is 0 Å². The van der Waals surface area contributed by atoms with Crippen LogP contribution in [0.1, 0.15) is 21.9 Å². The van der Waals surface area contributed by atoms with Gasteiger partial charge in [0, 0.05) is 23.9 Å². The Morgan fingerprint density at radius 3 is 2.87 bits per heavy atom. The van der Waals surface area contributed by atoms with E-state index in [-0.39, 0.29) is 0 Å². The average molecular weight is 215 g/mol. The van der Waals surface area contributed by atoms with E-state index >= 15 is 0 Å². The minimum absolute atomic E-state index is 0.551. The molecule has 1 nitrogen and oxygen atoms in total. The number of fused-ring (bicyclic) bond motifs is 1. The molecule has 15 heavy (non-hydrogen) atoms. The van der Waals surface area contributed by atoms with Crippen LogP contribution in [0, 0.1) is 0 Å². The highest BCUT2D eigenvalue weighted by Gasteiger charge is 2.22. The Balaban J connectivity index is 2.03. The molecule has 0 fully saturated rings. The Kier molecular flexibility index (Phi) is 2.31. The summed E-state index contributed by atoms with van der Waals surface area (Å²) in [5, 5.41) is 5.68. The van der Waals surface area contributed by atoms with Crippen LogP contribution >= 0.6 is 11.3 Å². The molecule has 0 aliphatic carbocycles. The van der Waals surface area contributed by atoms with Gasteiger partial charge in [0.05, 0.1) is 0 Å². The molecule has 2 aromatic rings. The summed E-state index contributed by atoms with van der Waals surface area (Å²) in [5.41, 5.74) is 2.90. The molecule has 0 saturated carbocycles. The maximum absolute atomic E-state index is 3.48. The lowest BCUT2D eigenvalue weighted by molar-refractivity contribution is 0.601. The van der Waals surface area contributed by atoms with Crippen molar-refractivity contribution in [3.8, 4) is 0 Å². The number of hydrogen-bond donors (Lipinski definition) is 1. The lowest BCUT2D eigenvalue weighted by atomic mass is 9.92. The van der Waals surface area contributed by atoms with Gasteiger partial charge in [0.25, 0.3) is 0 Å². The summed E-state index contributed by atoms with van der Waals surface area (Å²) in [6.45, 7) is 2.10. The second-order valence-corrected chi connectivity index (χ2v) is 4.85. The second-order valence-electron chi connectivity index (χ2n) is 3.90. The summed E-state index contributed by atoms with van der Waals surface area (Å²) in [6, 6.07) is 13.0. The van der Waals surface area contributed by atoms with E-state index in [0.717, 1.165) is 13.1 Å². The van der Waals surface area contributed by atoms with Crippen molar-refractivity contribution in [2.45, 2.75) is 12.5 Å². The van der Waals surface area contributed by atoms with Gasteiger partial charge in [-0.2, -0.15) is 0 Å². The Morgan fingerprint density at radius 1 is 1.13 bits per heavy atom. The molecule has 1 aromatic heterocycles. The topological polar surface area (TPSA) is 12.0 Å². The zero-order valence-electron chi connectivity index (χ0n) is 8.44. The third-order valence-corrected chi connectivity index (χ3v) is 4.04. The summed E-state index contributed by atoms with van der Waals surface area (Å²) in [6.07, 6.45) is 0. The van der Waals surface area contributed by atoms with E-state index in [1.54, 1.807) is 4.88 Å². The predicted octanol–water partition coefficient (Wildman–Crippen LogP) is 2.98. The molecule has 76 valence electrons. The van der Waals surface area contributed by atoms with Crippen LogP contribution in [-0.4, -0.2) is 6.54 Å². The number of benzene rings is 1. The summed E-state index contributed by atoms with van der Waals surface area (Å²) in [5.74, 6) is 0.551. The second kappa shape index (κ2) is 3.80. The van der Waals surface area contributed by atoms with Crippen molar-refractivity contribution in [3.05, 3.63) is 57.8 Å². The monoisotopic (exact) mass is 215 g/mol. The van der Waals surface area contributed by atoms with Crippen molar-refractivity contribution < 1.29 is 0 Å². The van der Waals surface area contributed by atoms with Crippen molar-refractivity contribution in [1.82, 2.24) is 5.32 Å². The maximum atomic E-state index is 3.48. The van der Waals surface area contributed by atoms with E-state index in [1.807, 2.05) is 11.3 Å². The lowest BCUT2D eigenvalue weighted by Gasteiger charge is -2.23. The van der Waals surface area contributed by atoms with E-state index in [9.17, 15) is 0 Å². The molecule has 2 heteroatoms. The minimum Gasteiger partial charge on any atom is -0.312 e. The first-order valence-electron chi connectivity index (χ1n) is 5.27. The maximum Gasteiger partial charge on any atom is 0.0312 e. The molecule has 0 saturated heterocycles. The standard InChI is InChI=1S/C13H13NS/c1-2-4-10(5-3-1)12-9-14-8-11-6-7-15-13(11)12/h1-7,12,14H,8-9H2. The molecule has 3 rings (SSSR count). The SMILES string of the molecule is c1ccc(C2CNCc3ccsc32)cc1. The fourth-order valence-corrected chi connectivity index (χ4v) is 3.25. The van der Waals surface area contributed by atoms with Gasteiger partial charge in [0.1, 0.15) is 0 Å². The molecule has 1 unspecified atom stereocenters. The molecule has 0 radical (unpaired) electrons. The van der Waals surface area contributed by atoms with Crippen molar-refractivity contribution >= 4 is 11.3 Å². The van der Waals surface area contributed by atoms with Crippen molar-refractivity contribution in [2.75, 3.05) is 6.54 Å². The number of hydrogen-bond acceptors (Lipinski definition) is 2. The molecule has 1 atom stereocenters. The van der Waals surface area contributed by atoms with Gasteiger partial charge in [0.2, 0.25) is 0 Å². The van der Waals surface area contributed by atoms with Gasteiger partial charge >= 0.3 is 0 Å². The van der Waals surface area contributed by atoms with E-state index in [2.05, 4.69) is 47.1 Å². The van der Waals surface area contributed by atoms with Crippen LogP contribution in [0.4, 0.5) is 0 Å². The zero-order valence-corrected chi connectivity index (χ0v) is 9.26. The Hall–Kier alpha value is -1.12. The molecule has 1 N–H and O–H groups in total. The molecular formula is C13H13NS. The van der Waals surface area contributed by atoms with Crippen LogP contribution in [0.2, 0.25) is 0 Å². The van der Waals surface area contributed by atoms with Crippen LogP contribution in [0.5, 0.6) is 0 Å². The van der Waals surface area contributed by atoms with Crippen molar-refractivity contribution in [1.29, 1.82) is 0 Å². The van der Waals surface area contributed by atoms with Crippen molar-refractivity contribution in [2.24, 2.45) is 0 Å². The van der Waals surface area contributed by atoms with E-state index in [1.165, 1.54) is 11.1 Å². The van der Waals surface area contributed by atoms with Crippen LogP contribution in [0.25, 0.3) is 0 Å². The first kappa shape index (κ1) is 9.13. The molecule has 1 aliphatic rings.